The van der Waals surface area contributed by atoms with Gasteiger partial charge < -0.3 is 10.4 Å². The second-order valence-corrected chi connectivity index (χ2v) is 8.39. The van der Waals surface area contributed by atoms with Crippen LogP contribution in [0.5, 0.6) is 0 Å². The molecule has 0 radical (unpaired) electrons. The van der Waals surface area contributed by atoms with Crippen molar-refractivity contribution in [2.24, 2.45) is 0 Å². The highest BCUT2D eigenvalue weighted by Crippen LogP contribution is 2.31. The quantitative estimate of drug-likeness (QED) is 0.533. The van der Waals surface area contributed by atoms with Gasteiger partial charge in [0.15, 0.2) is 16.1 Å². The number of aromatic nitrogens is 3. The lowest BCUT2D eigenvalue weighted by Gasteiger charge is -2.27. The van der Waals surface area contributed by atoms with E-state index in [-0.39, 0.29) is 5.69 Å². The Morgan fingerprint density at radius 3 is 2.75 bits per heavy atom. The van der Waals surface area contributed by atoms with Gasteiger partial charge in [-0.25, -0.2) is 20.3 Å². The van der Waals surface area contributed by atoms with E-state index in [0.29, 0.717) is 28.7 Å². The van der Waals surface area contributed by atoms with Gasteiger partial charge in [0.05, 0.1) is 22.3 Å². The number of hydrogen-bond acceptors (Lipinski definition) is 7. The summed E-state index contributed by atoms with van der Waals surface area (Å²) in [5.41, 5.74) is 7.09. The molecule has 0 aliphatic carbocycles. The van der Waals surface area contributed by atoms with Crippen molar-refractivity contribution in [2.45, 2.75) is 37.2 Å². The third kappa shape index (κ3) is 4.26. The summed E-state index contributed by atoms with van der Waals surface area (Å²) in [5.74, 6) is -1.47. The molecule has 1 aromatic carbocycles. The van der Waals surface area contributed by atoms with Gasteiger partial charge in [-0.3, -0.25) is 4.79 Å². The van der Waals surface area contributed by atoms with Gasteiger partial charge in [-0.05, 0) is 31.0 Å². The Kier molecular flexibility index (Phi) is 6.15. The maximum Gasteiger partial charge on any atom is 0.332 e. The number of nitrogens with zero attached hydrogens (tertiary/aromatic N) is 3. The van der Waals surface area contributed by atoms with Gasteiger partial charge in [0, 0.05) is 0 Å². The minimum absolute atomic E-state index is 0.161. The summed E-state index contributed by atoms with van der Waals surface area (Å²) in [6.07, 6.45) is 0.455. The molecule has 9 nitrogen and oxygen atoms in total. The number of halogens is 2. The number of amides is 1. The molecule has 2 aromatic rings. The molecule has 2 heterocycles. The molecule has 0 bridgehead atoms. The molecule has 4 N–H and O–H groups in total. The number of thioether (sulfide) groups is 1. The van der Waals surface area contributed by atoms with E-state index in [0.717, 1.165) is 17.3 Å². The molecule has 1 amide bonds. The maximum atomic E-state index is 12.7. The van der Waals surface area contributed by atoms with Crippen molar-refractivity contribution in [2.75, 3.05) is 0 Å². The summed E-state index contributed by atoms with van der Waals surface area (Å²) in [6.45, 7) is 3.94. The van der Waals surface area contributed by atoms with E-state index in [1.54, 1.807) is 23.7 Å². The smallest absolute Gasteiger partial charge is 0.332 e. The van der Waals surface area contributed by atoms with Gasteiger partial charge in [0.1, 0.15) is 0 Å². The third-order valence-corrected chi connectivity index (χ3v) is 6.47. The zero-order chi connectivity index (χ0) is 20.5. The highest BCUT2D eigenvalue weighted by atomic mass is 35.5. The van der Waals surface area contributed by atoms with Gasteiger partial charge in [-0.15, -0.1) is 5.10 Å². The summed E-state index contributed by atoms with van der Waals surface area (Å²) in [4.78, 5) is 22.9. The molecule has 1 aliphatic heterocycles. The van der Waals surface area contributed by atoms with Crippen LogP contribution in [-0.2, 0) is 11.3 Å². The van der Waals surface area contributed by atoms with E-state index in [1.165, 1.54) is 0 Å². The fourth-order valence-corrected chi connectivity index (χ4v) is 4.03. The van der Waals surface area contributed by atoms with Gasteiger partial charge in [0.25, 0.3) is 5.91 Å². The van der Waals surface area contributed by atoms with Crippen LogP contribution in [0.2, 0.25) is 10.0 Å². The number of carbonyl (C=O) groups is 2. The van der Waals surface area contributed by atoms with E-state index in [1.807, 2.05) is 13.0 Å². The van der Waals surface area contributed by atoms with Crippen molar-refractivity contribution in [3.8, 4) is 0 Å². The predicted molar refractivity (Wildman–Crippen MR) is 106 cm³/mol. The molecule has 1 aliphatic rings. The van der Waals surface area contributed by atoms with Crippen LogP contribution in [-0.4, -0.2) is 42.3 Å². The van der Waals surface area contributed by atoms with E-state index < -0.39 is 22.2 Å². The molecule has 2 unspecified atom stereocenters. The van der Waals surface area contributed by atoms with Crippen molar-refractivity contribution < 1.29 is 14.7 Å². The van der Waals surface area contributed by atoms with E-state index in [2.05, 4.69) is 26.5 Å². The second-order valence-electron chi connectivity index (χ2n) is 6.17. The van der Waals surface area contributed by atoms with Crippen LogP contribution >= 0.6 is 35.0 Å². The summed E-state index contributed by atoms with van der Waals surface area (Å²) in [6, 6.07) is 5.24. The average molecular weight is 445 g/mol. The molecule has 1 aromatic heterocycles. The predicted octanol–water partition coefficient (Wildman–Crippen LogP) is 1.99. The lowest BCUT2D eigenvalue weighted by Crippen LogP contribution is -2.55. The highest BCUT2D eigenvalue weighted by Gasteiger charge is 2.43. The Morgan fingerprint density at radius 2 is 2.14 bits per heavy atom. The molecular weight excluding hydrogens is 427 g/mol. The monoisotopic (exact) mass is 444 g/mol. The summed E-state index contributed by atoms with van der Waals surface area (Å²) >= 11 is 13.0. The van der Waals surface area contributed by atoms with Crippen LogP contribution in [0.3, 0.4) is 0 Å². The molecule has 2 atom stereocenters. The zero-order valence-corrected chi connectivity index (χ0v) is 17.3. The lowest BCUT2D eigenvalue weighted by atomic mass is 10.2. The summed E-state index contributed by atoms with van der Waals surface area (Å²) in [7, 11) is 0. The number of carboxylic acids is 1. The van der Waals surface area contributed by atoms with Crippen LogP contribution in [0, 0.1) is 6.92 Å². The number of aliphatic carboxylic acids is 1. The maximum absolute atomic E-state index is 12.7. The normalized spacial score (nSPS) is 21.6. The number of carboxylic acid groups (broad SMARTS) is 1. The first-order valence-corrected chi connectivity index (χ1v) is 9.98. The second kappa shape index (κ2) is 8.26. The Hall–Kier alpha value is -1.85. The van der Waals surface area contributed by atoms with Crippen molar-refractivity contribution in [3.63, 3.8) is 0 Å². The van der Waals surface area contributed by atoms with Crippen LogP contribution in [0.15, 0.2) is 18.2 Å². The molecule has 1 saturated heterocycles. The molecule has 3 rings (SSSR count). The van der Waals surface area contributed by atoms with Crippen molar-refractivity contribution in [1.82, 2.24) is 31.2 Å². The topological polar surface area (TPSA) is 121 Å². The Bertz CT molecular complexity index is 924. The van der Waals surface area contributed by atoms with Gasteiger partial charge in [-0.2, -0.15) is 0 Å². The number of nitrogens with one attached hydrogen (secondary N) is 3. The fourth-order valence-electron chi connectivity index (χ4n) is 2.65. The molecule has 0 spiro atoms. The van der Waals surface area contributed by atoms with Crippen LogP contribution in [0.4, 0.5) is 0 Å². The largest absolute Gasteiger partial charge is 0.479 e. The molecular formula is C16H18Cl2N6O3S. The Balaban J connectivity index is 1.74. The summed E-state index contributed by atoms with van der Waals surface area (Å²) < 4.78 is 1.58. The minimum Gasteiger partial charge on any atom is -0.479 e. The van der Waals surface area contributed by atoms with Crippen LogP contribution in [0.1, 0.15) is 35.1 Å². The minimum atomic E-state index is -1.02. The van der Waals surface area contributed by atoms with Gasteiger partial charge in [0.2, 0.25) is 0 Å². The van der Waals surface area contributed by atoms with Crippen molar-refractivity contribution in [1.29, 1.82) is 0 Å². The standard InChI is InChI=1S/C16H18Cl2N6O3S/c1-3-16(22-21-14(28-16)15(26)27)19-13(25)12-8(2)24(23-20-12)7-9-4-5-10(17)11(18)6-9/h4-6,14,21-22H,3,7H2,1-2H3,(H,19,25)(H,26,27). The van der Waals surface area contributed by atoms with Gasteiger partial charge in [-0.1, -0.05) is 53.2 Å². The molecule has 1 fully saturated rings. The molecule has 28 heavy (non-hydrogen) atoms. The third-order valence-electron chi connectivity index (χ3n) is 4.28. The number of hydrazine groups is 1. The fraction of sp³-hybridized carbons (Fsp3) is 0.375. The zero-order valence-electron chi connectivity index (χ0n) is 15.0. The lowest BCUT2D eigenvalue weighted by molar-refractivity contribution is -0.137. The number of carbonyl (C=O) groups excluding carboxylic acids is 1. The van der Waals surface area contributed by atoms with Crippen molar-refractivity contribution >= 4 is 46.8 Å². The first-order valence-electron chi connectivity index (χ1n) is 8.34. The number of benzene rings is 1. The summed E-state index contributed by atoms with van der Waals surface area (Å²) in [5, 5.41) is 20.0. The Morgan fingerprint density at radius 1 is 1.39 bits per heavy atom. The average Bonchev–Trinajstić information content (AvgIpc) is 3.23. The van der Waals surface area contributed by atoms with E-state index >= 15 is 0 Å². The highest BCUT2D eigenvalue weighted by molar-refractivity contribution is 8.02. The van der Waals surface area contributed by atoms with Crippen LogP contribution in [0.25, 0.3) is 0 Å². The number of hydrogen-bond donors (Lipinski definition) is 4. The SMILES string of the molecule is CCC1(NC(=O)c2nnn(Cc3ccc(Cl)c(Cl)c3)c2C)NNC(C(=O)O)S1. The van der Waals surface area contributed by atoms with Crippen molar-refractivity contribution in [3.05, 3.63) is 45.2 Å². The molecule has 12 heteroatoms. The van der Waals surface area contributed by atoms with E-state index in [4.69, 9.17) is 28.3 Å². The van der Waals surface area contributed by atoms with Gasteiger partial charge >= 0.3 is 5.97 Å². The molecule has 0 saturated carbocycles. The van der Waals surface area contributed by atoms with E-state index in [9.17, 15) is 9.59 Å². The van der Waals surface area contributed by atoms with Crippen LogP contribution < -0.4 is 16.2 Å². The Labute approximate surface area is 175 Å². The first kappa shape index (κ1) is 20.9. The number of rotatable bonds is 6. The molecule has 150 valence electrons. The first-order chi connectivity index (χ1) is 13.2.